The van der Waals surface area contributed by atoms with Crippen LogP contribution in [0.2, 0.25) is 0 Å². The fraction of sp³-hybridized carbons (Fsp3) is 1.00. The van der Waals surface area contributed by atoms with Crippen LogP contribution in [0, 0.1) is 28.6 Å². The molecule has 13 atom stereocenters. The van der Waals surface area contributed by atoms with Crippen LogP contribution in [0.15, 0.2) is 0 Å². The normalized spacial score (nSPS) is 61.7. The van der Waals surface area contributed by atoms with Crippen molar-refractivity contribution in [2.45, 2.75) is 79.9 Å². The van der Waals surface area contributed by atoms with Crippen LogP contribution in [0.3, 0.4) is 0 Å². The topological polar surface area (TPSA) is 121 Å². The van der Waals surface area contributed by atoms with Crippen LogP contribution in [-0.2, 0) is 18.9 Å². The minimum atomic E-state index is -1.73. The van der Waals surface area contributed by atoms with Gasteiger partial charge in [-0.15, -0.1) is 0 Å². The summed E-state index contributed by atoms with van der Waals surface area (Å²) in [7, 11) is 6.46. The number of hydrogen-bond acceptors (Lipinski definition) is 9. The molecule has 194 valence electrons. The van der Waals surface area contributed by atoms with Gasteiger partial charge in [-0.05, 0) is 25.8 Å². The summed E-state index contributed by atoms with van der Waals surface area (Å²) in [6, 6.07) is -0.668. The molecule has 1 aliphatic heterocycles. The van der Waals surface area contributed by atoms with Gasteiger partial charge in [0.1, 0.15) is 11.2 Å². The predicted molar refractivity (Wildman–Crippen MR) is 120 cm³/mol. The summed E-state index contributed by atoms with van der Waals surface area (Å²) in [6.07, 6.45) is -0.817. The highest BCUT2D eigenvalue weighted by Gasteiger charge is 2.95. The average molecular weight is 484 g/mol. The molecule has 0 radical (unpaired) electrons. The molecule has 4 N–H and O–H groups in total. The monoisotopic (exact) mass is 483 g/mol. The first-order valence-corrected chi connectivity index (χ1v) is 12.8. The highest BCUT2D eigenvalue weighted by Crippen LogP contribution is 2.81. The molecular formula is C25H41NO8. The number of ether oxygens (including phenoxy) is 4. The number of fused-ring (bicyclic) bond motifs is 2. The first kappa shape index (κ1) is 24.0. The van der Waals surface area contributed by atoms with E-state index in [2.05, 4.69) is 4.90 Å². The third kappa shape index (κ3) is 2.11. The van der Waals surface area contributed by atoms with Crippen molar-refractivity contribution in [2.75, 3.05) is 48.1 Å². The standard InChI is InChI=1S/C25H41NO8/c1-6-26-11-21(12-31-2)8-7-15(27)24-18(21)19(34-5)25(30,20(24)26)23(29)10-14(32-3)13-9-22(24,28)17(23)16(13)33-4/h13-20,27-30H,6-12H2,1-5H3/t13-,14+,15+,16+,17+,18-,19+,20+,21+,22+,23-,24-,25+/m1/s1. The van der Waals surface area contributed by atoms with Crippen LogP contribution >= 0.6 is 0 Å². The van der Waals surface area contributed by atoms with E-state index in [1.54, 1.807) is 28.4 Å². The fourth-order valence-electron chi connectivity index (χ4n) is 11.0. The fourth-order valence-corrected chi connectivity index (χ4v) is 11.0. The zero-order valence-corrected chi connectivity index (χ0v) is 20.9. The van der Waals surface area contributed by atoms with E-state index >= 15 is 0 Å². The number of hydrogen-bond donors (Lipinski definition) is 4. The van der Waals surface area contributed by atoms with E-state index in [0.29, 0.717) is 39.0 Å². The van der Waals surface area contributed by atoms with E-state index in [9.17, 15) is 20.4 Å². The summed E-state index contributed by atoms with van der Waals surface area (Å²) in [6.45, 7) is 3.73. The predicted octanol–water partition coefficient (Wildman–Crippen LogP) is -0.614. The molecule has 1 saturated heterocycles. The maximum absolute atomic E-state index is 13.0. The summed E-state index contributed by atoms with van der Waals surface area (Å²) in [5.41, 5.74) is -6.46. The van der Waals surface area contributed by atoms with E-state index in [4.69, 9.17) is 18.9 Å². The second-order valence-electron chi connectivity index (χ2n) is 12.1. The van der Waals surface area contributed by atoms with Crippen molar-refractivity contribution in [3.8, 4) is 0 Å². The van der Waals surface area contributed by atoms with E-state index in [0.717, 1.165) is 0 Å². The van der Waals surface area contributed by atoms with Crippen LogP contribution in [0.25, 0.3) is 0 Å². The van der Waals surface area contributed by atoms with Crippen molar-refractivity contribution in [2.24, 2.45) is 28.6 Å². The molecule has 5 saturated carbocycles. The second-order valence-corrected chi connectivity index (χ2v) is 12.1. The average Bonchev–Trinajstić information content (AvgIpc) is 3.19. The van der Waals surface area contributed by atoms with Crippen molar-refractivity contribution in [3.05, 3.63) is 0 Å². The van der Waals surface area contributed by atoms with Gasteiger partial charge in [0.25, 0.3) is 0 Å². The SMILES string of the molecule is CCN1C[C@]2(COC)CC[C@H](O)[C@@]34[C@@H]2[C@H](OC)[C@](O)([C@@H]13)[C@@]1(O)C[C@H](OC)[C@H]2C[C@]4(O)[C@@H]1[C@H]2OC. The first-order chi connectivity index (χ1) is 16.1. The first-order valence-electron chi connectivity index (χ1n) is 12.8. The number of methoxy groups -OCH3 is 4. The van der Waals surface area contributed by atoms with Crippen molar-refractivity contribution < 1.29 is 39.4 Å². The molecule has 0 aromatic heterocycles. The molecule has 6 rings (SSSR count). The molecular weight excluding hydrogens is 442 g/mol. The van der Waals surface area contributed by atoms with Gasteiger partial charge in [-0.3, -0.25) is 4.90 Å². The maximum atomic E-state index is 13.0. The molecule has 1 spiro atoms. The quantitative estimate of drug-likeness (QED) is 0.392. The van der Waals surface area contributed by atoms with Crippen LogP contribution in [0.5, 0.6) is 0 Å². The number of nitrogens with zero attached hydrogens (tertiary/aromatic N) is 1. The molecule has 0 amide bonds. The Bertz CT molecular complexity index is 861. The Morgan fingerprint density at radius 1 is 0.941 bits per heavy atom. The summed E-state index contributed by atoms with van der Waals surface area (Å²) >= 11 is 0. The smallest absolute Gasteiger partial charge is 0.136 e. The van der Waals surface area contributed by atoms with Gasteiger partial charge in [-0.2, -0.15) is 0 Å². The Labute approximate surface area is 201 Å². The Balaban J connectivity index is 1.71. The minimum absolute atomic E-state index is 0.148. The molecule has 0 unspecified atom stereocenters. The van der Waals surface area contributed by atoms with E-state index < -0.39 is 64.0 Å². The molecule has 6 fully saturated rings. The van der Waals surface area contributed by atoms with Gasteiger partial charge in [-0.25, -0.2) is 0 Å². The molecule has 1 heterocycles. The van der Waals surface area contributed by atoms with Crippen LogP contribution in [0.1, 0.15) is 32.6 Å². The van der Waals surface area contributed by atoms with Crippen LogP contribution < -0.4 is 0 Å². The largest absolute Gasteiger partial charge is 0.392 e. The highest BCUT2D eigenvalue weighted by molar-refractivity contribution is 5.45. The molecule has 9 heteroatoms. The van der Waals surface area contributed by atoms with Gasteiger partial charge < -0.3 is 39.4 Å². The van der Waals surface area contributed by atoms with Gasteiger partial charge >= 0.3 is 0 Å². The van der Waals surface area contributed by atoms with Gasteiger partial charge in [0.15, 0.2) is 0 Å². The molecule has 7 bridgehead atoms. The van der Waals surface area contributed by atoms with Gasteiger partial charge in [0, 0.05) is 64.6 Å². The van der Waals surface area contributed by atoms with Crippen LogP contribution in [-0.4, -0.2) is 121 Å². The van der Waals surface area contributed by atoms with Crippen molar-refractivity contribution >= 4 is 0 Å². The van der Waals surface area contributed by atoms with E-state index in [-0.39, 0.29) is 18.3 Å². The zero-order valence-electron chi connectivity index (χ0n) is 20.9. The lowest BCUT2D eigenvalue weighted by Crippen LogP contribution is -2.86. The molecule has 6 aliphatic rings. The zero-order chi connectivity index (χ0) is 24.5. The number of likely N-dealkylation sites (tertiary alicyclic amines) is 1. The lowest BCUT2D eigenvalue weighted by atomic mass is 9.41. The number of likely N-dealkylation sites (N-methyl/N-ethyl adjacent to an activating group) is 1. The van der Waals surface area contributed by atoms with E-state index in [1.165, 1.54) is 0 Å². The molecule has 9 nitrogen and oxygen atoms in total. The van der Waals surface area contributed by atoms with Gasteiger partial charge in [0.05, 0.1) is 48.1 Å². The van der Waals surface area contributed by atoms with Crippen LogP contribution in [0.4, 0.5) is 0 Å². The minimum Gasteiger partial charge on any atom is -0.392 e. The summed E-state index contributed by atoms with van der Waals surface area (Å²) in [5.74, 6) is -1.30. The lowest BCUT2D eigenvalue weighted by molar-refractivity contribution is -0.356. The Morgan fingerprint density at radius 3 is 2.26 bits per heavy atom. The van der Waals surface area contributed by atoms with E-state index in [1.807, 2.05) is 6.92 Å². The molecule has 5 aliphatic carbocycles. The summed E-state index contributed by atoms with van der Waals surface area (Å²) in [5, 5.41) is 50.5. The molecule has 0 aromatic rings. The third-order valence-electron chi connectivity index (χ3n) is 11.6. The summed E-state index contributed by atoms with van der Waals surface area (Å²) in [4.78, 5) is 2.18. The number of rotatable bonds is 6. The molecule has 34 heavy (non-hydrogen) atoms. The van der Waals surface area contributed by atoms with Crippen molar-refractivity contribution in [3.63, 3.8) is 0 Å². The molecule has 0 aromatic carbocycles. The van der Waals surface area contributed by atoms with Gasteiger partial charge in [-0.1, -0.05) is 6.92 Å². The number of aliphatic hydroxyl groups is 4. The van der Waals surface area contributed by atoms with Crippen molar-refractivity contribution in [1.29, 1.82) is 0 Å². The van der Waals surface area contributed by atoms with Crippen molar-refractivity contribution in [1.82, 2.24) is 4.90 Å². The lowest BCUT2D eigenvalue weighted by Gasteiger charge is -2.72. The number of aliphatic hydroxyl groups excluding tert-OH is 1. The third-order valence-corrected chi connectivity index (χ3v) is 11.6. The Morgan fingerprint density at radius 2 is 1.68 bits per heavy atom. The number of piperidine rings is 1. The summed E-state index contributed by atoms with van der Waals surface area (Å²) < 4.78 is 23.7. The maximum Gasteiger partial charge on any atom is 0.136 e. The Hall–Kier alpha value is -0.360. The van der Waals surface area contributed by atoms with Gasteiger partial charge in [0.2, 0.25) is 0 Å². The Kier molecular flexibility index (Phi) is 5.04. The second kappa shape index (κ2) is 7.14. The highest BCUT2D eigenvalue weighted by atomic mass is 16.5.